The van der Waals surface area contributed by atoms with Gasteiger partial charge in [0.15, 0.2) is 0 Å². The van der Waals surface area contributed by atoms with Crippen LogP contribution in [0.3, 0.4) is 0 Å². The standard InChI is InChI=1S/C25H25F3N2O3.2ClH/c26-25(27,28)33-20-8-6-19(7-9-20)24(30-14-12-29-13-15-30)22-11-10-21(16-23(22)31)32-17-18-4-2-1-3-5-18;;/h1-11,16,24,29,31H,12-15,17H2;2*1H/t24-;;/m0../s1. The van der Waals surface area contributed by atoms with Gasteiger partial charge in [-0.05, 0) is 35.4 Å². The Bertz CT molecular complexity index is 1050. The average molecular weight is 531 g/mol. The quantitative estimate of drug-likeness (QED) is 0.409. The molecule has 190 valence electrons. The molecular weight excluding hydrogens is 504 g/mol. The summed E-state index contributed by atoms with van der Waals surface area (Å²) in [5.74, 6) is 0.326. The summed E-state index contributed by atoms with van der Waals surface area (Å²) in [4.78, 5) is 2.19. The van der Waals surface area contributed by atoms with E-state index in [0.29, 0.717) is 17.9 Å². The molecule has 0 saturated carbocycles. The first-order valence-corrected chi connectivity index (χ1v) is 10.7. The second kappa shape index (κ2) is 12.9. The van der Waals surface area contributed by atoms with E-state index < -0.39 is 6.36 Å². The summed E-state index contributed by atoms with van der Waals surface area (Å²) in [6.45, 7) is 3.41. The molecule has 10 heteroatoms. The first-order valence-electron chi connectivity index (χ1n) is 10.7. The van der Waals surface area contributed by atoms with Crippen molar-refractivity contribution in [2.75, 3.05) is 26.2 Å². The Balaban J connectivity index is 0.00000216. The number of rotatable bonds is 7. The lowest BCUT2D eigenvalue weighted by Crippen LogP contribution is -2.45. The van der Waals surface area contributed by atoms with Crippen molar-refractivity contribution in [2.24, 2.45) is 0 Å². The third-order valence-electron chi connectivity index (χ3n) is 5.49. The number of halogens is 5. The number of nitrogens with one attached hydrogen (secondary N) is 1. The summed E-state index contributed by atoms with van der Waals surface area (Å²) < 4.78 is 47.4. The van der Waals surface area contributed by atoms with Crippen LogP contribution in [0, 0.1) is 0 Å². The van der Waals surface area contributed by atoms with Gasteiger partial charge in [-0.25, -0.2) is 0 Å². The second-order valence-corrected chi connectivity index (χ2v) is 7.80. The molecule has 3 aromatic carbocycles. The maximum Gasteiger partial charge on any atom is 0.573 e. The Labute approximate surface area is 214 Å². The molecular formula is C25H27Cl2F3N2O3. The summed E-state index contributed by atoms with van der Waals surface area (Å²) in [6.07, 6.45) is -4.74. The van der Waals surface area contributed by atoms with Crippen molar-refractivity contribution >= 4 is 24.8 Å². The molecule has 0 spiro atoms. The van der Waals surface area contributed by atoms with Gasteiger partial charge in [0.1, 0.15) is 23.9 Å². The molecule has 2 N–H and O–H groups in total. The van der Waals surface area contributed by atoms with Gasteiger partial charge in [-0.3, -0.25) is 4.90 Å². The number of piperazine rings is 1. The highest BCUT2D eigenvalue weighted by molar-refractivity contribution is 5.85. The minimum Gasteiger partial charge on any atom is -0.507 e. The topological polar surface area (TPSA) is 54.0 Å². The molecule has 35 heavy (non-hydrogen) atoms. The van der Waals surface area contributed by atoms with Gasteiger partial charge in [-0.1, -0.05) is 42.5 Å². The van der Waals surface area contributed by atoms with Gasteiger partial charge in [0.05, 0.1) is 6.04 Å². The summed E-state index contributed by atoms with van der Waals surface area (Å²) in [7, 11) is 0. The van der Waals surface area contributed by atoms with Crippen LogP contribution in [0.25, 0.3) is 0 Å². The Morgan fingerprint density at radius 2 is 1.51 bits per heavy atom. The van der Waals surface area contributed by atoms with Crippen LogP contribution in [0.2, 0.25) is 0 Å². The molecule has 0 amide bonds. The van der Waals surface area contributed by atoms with Gasteiger partial charge in [0.2, 0.25) is 0 Å². The summed E-state index contributed by atoms with van der Waals surface area (Å²) in [5, 5.41) is 14.2. The number of ether oxygens (including phenoxy) is 2. The molecule has 0 radical (unpaired) electrons. The number of phenols is 1. The van der Waals surface area contributed by atoms with Crippen LogP contribution in [0.1, 0.15) is 22.7 Å². The maximum atomic E-state index is 12.5. The van der Waals surface area contributed by atoms with E-state index in [9.17, 15) is 18.3 Å². The number of aromatic hydroxyl groups is 1. The number of benzene rings is 3. The molecule has 0 aromatic heterocycles. The van der Waals surface area contributed by atoms with E-state index >= 15 is 0 Å². The molecule has 4 rings (SSSR count). The molecule has 1 heterocycles. The number of alkyl halides is 3. The third-order valence-corrected chi connectivity index (χ3v) is 5.49. The molecule has 0 unspecified atom stereocenters. The van der Waals surface area contributed by atoms with E-state index in [2.05, 4.69) is 15.0 Å². The third kappa shape index (κ3) is 7.93. The highest BCUT2D eigenvalue weighted by atomic mass is 35.5. The van der Waals surface area contributed by atoms with E-state index in [-0.39, 0.29) is 42.4 Å². The minimum atomic E-state index is -4.74. The zero-order valence-corrected chi connectivity index (χ0v) is 20.3. The predicted molar refractivity (Wildman–Crippen MR) is 133 cm³/mol. The molecule has 1 aliphatic rings. The van der Waals surface area contributed by atoms with Crippen molar-refractivity contribution in [2.45, 2.75) is 19.0 Å². The van der Waals surface area contributed by atoms with Crippen LogP contribution in [0.4, 0.5) is 13.2 Å². The molecule has 1 fully saturated rings. The van der Waals surface area contributed by atoms with Crippen molar-refractivity contribution in [1.82, 2.24) is 10.2 Å². The number of hydrogen-bond donors (Lipinski definition) is 2. The molecule has 0 aliphatic carbocycles. The number of phenolic OH excluding ortho intramolecular Hbond substituents is 1. The number of nitrogens with zero attached hydrogens (tertiary/aromatic N) is 1. The van der Waals surface area contributed by atoms with Crippen LogP contribution >= 0.6 is 24.8 Å². The normalized spacial score (nSPS) is 14.8. The van der Waals surface area contributed by atoms with Gasteiger partial charge in [0, 0.05) is 37.8 Å². The van der Waals surface area contributed by atoms with Gasteiger partial charge in [0.25, 0.3) is 0 Å². The van der Waals surface area contributed by atoms with Crippen molar-refractivity contribution in [3.8, 4) is 17.2 Å². The highest BCUT2D eigenvalue weighted by Crippen LogP contribution is 2.37. The van der Waals surface area contributed by atoms with Gasteiger partial charge in [-0.15, -0.1) is 38.0 Å². The van der Waals surface area contributed by atoms with E-state index in [4.69, 9.17) is 4.74 Å². The van der Waals surface area contributed by atoms with Gasteiger partial charge in [-0.2, -0.15) is 0 Å². The van der Waals surface area contributed by atoms with Gasteiger partial charge >= 0.3 is 6.36 Å². The molecule has 3 aromatic rings. The van der Waals surface area contributed by atoms with Crippen LogP contribution in [0.15, 0.2) is 72.8 Å². The molecule has 1 aliphatic heterocycles. The fourth-order valence-corrected chi connectivity index (χ4v) is 3.96. The van der Waals surface area contributed by atoms with E-state index in [1.165, 1.54) is 12.1 Å². The molecule has 1 saturated heterocycles. The van der Waals surface area contributed by atoms with Crippen molar-refractivity contribution < 1.29 is 27.8 Å². The van der Waals surface area contributed by atoms with Crippen molar-refractivity contribution in [1.29, 1.82) is 0 Å². The lowest BCUT2D eigenvalue weighted by molar-refractivity contribution is -0.274. The zero-order valence-electron chi connectivity index (χ0n) is 18.7. The van der Waals surface area contributed by atoms with E-state index in [1.54, 1.807) is 24.3 Å². The minimum absolute atomic E-state index is 0. The molecule has 5 nitrogen and oxygen atoms in total. The largest absolute Gasteiger partial charge is 0.573 e. The fourth-order valence-electron chi connectivity index (χ4n) is 3.96. The zero-order chi connectivity index (χ0) is 23.3. The maximum absolute atomic E-state index is 12.5. The van der Waals surface area contributed by atoms with E-state index in [0.717, 1.165) is 37.3 Å². The van der Waals surface area contributed by atoms with Crippen LogP contribution in [-0.4, -0.2) is 42.5 Å². The Kier molecular flexibility index (Phi) is 10.5. The van der Waals surface area contributed by atoms with E-state index in [1.807, 2.05) is 36.4 Å². The van der Waals surface area contributed by atoms with Crippen LogP contribution in [-0.2, 0) is 6.61 Å². The summed E-state index contributed by atoms with van der Waals surface area (Å²) >= 11 is 0. The Hall–Kier alpha value is -2.65. The smallest absolute Gasteiger partial charge is 0.507 e. The summed E-state index contributed by atoms with van der Waals surface area (Å²) in [5.41, 5.74) is 2.44. The monoisotopic (exact) mass is 530 g/mol. The molecule has 1 atom stereocenters. The lowest BCUT2D eigenvalue weighted by Gasteiger charge is -2.36. The fraction of sp³-hybridized carbons (Fsp3) is 0.280. The van der Waals surface area contributed by atoms with Crippen LogP contribution in [0.5, 0.6) is 17.2 Å². The predicted octanol–water partition coefficient (Wildman–Crippen LogP) is 5.71. The first-order chi connectivity index (χ1) is 15.9. The number of hydrogen-bond acceptors (Lipinski definition) is 5. The first kappa shape index (κ1) is 28.6. The average Bonchev–Trinajstić information content (AvgIpc) is 2.81. The molecule has 0 bridgehead atoms. The van der Waals surface area contributed by atoms with Crippen LogP contribution < -0.4 is 14.8 Å². The highest BCUT2D eigenvalue weighted by Gasteiger charge is 2.31. The van der Waals surface area contributed by atoms with Crippen molar-refractivity contribution in [3.63, 3.8) is 0 Å². The Morgan fingerprint density at radius 3 is 2.11 bits per heavy atom. The lowest BCUT2D eigenvalue weighted by atomic mass is 9.95. The van der Waals surface area contributed by atoms with Gasteiger partial charge < -0.3 is 19.9 Å². The second-order valence-electron chi connectivity index (χ2n) is 7.80. The Morgan fingerprint density at radius 1 is 0.886 bits per heavy atom. The summed E-state index contributed by atoms with van der Waals surface area (Å²) in [6, 6.07) is 20.4. The van der Waals surface area contributed by atoms with Crippen molar-refractivity contribution in [3.05, 3.63) is 89.5 Å². The SMILES string of the molecule is Cl.Cl.Oc1cc(OCc2ccccc2)ccc1[C@H](c1ccc(OC(F)(F)F)cc1)N1CCNCC1.